The Morgan fingerprint density at radius 1 is 0.283 bits per heavy atom. The van der Waals surface area contributed by atoms with Gasteiger partial charge in [0.15, 0.2) is 0 Å². The van der Waals surface area contributed by atoms with Crippen LogP contribution in [-0.2, 0) is 12.4 Å². The van der Waals surface area contributed by atoms with Crippen LogP contribution in [0.2, 0.25) is 0 Å². The molecule has 5 aromatic rings. The fourth-order valence-electron chi connectivity index (χ4n) is 6.95. The molecule has 238 valence electrons. The highest BCUT2D eigenvalue weighted by Crippen LogP contribution is 2.57. The number of rotatable bonds is 4. The number of hydrogen-bond donors (Lipinski definition) is 0. The van der Waals surface area contributed by atoms with Gasteiger partial charge in [-0.3, -0.25) is 0 Å². The largest absolute Gasteiger partial charge is 0.417 e. The van der Waals surface area contributed by atoms with Crippen LogP contribution in [0, 0.1) is 55.4 Å². The molecule has 5 rings (SSSR count). The van der Waals surface area contributed by atoms with Gasteiger partial charge in [0, 0.05) is 22.3 Å². The molecule has 0 unspecified atom stereocenters. The summed E-state index contributed by atoms with van der Waals surface area (Å²) in [6, 6.07) is 19.6. The van der Waals surface area contributed by atoms with Gasteiger partial charge in [0.25, 0.3) is 0 Å². The molecule has 0 aliphatic carbocycles. The van der Waals surface area contributed by atoms with Crippen LogP contribution >= 0.6 is 0 Å². The van der Waals surface area contributed by atoms with Gasteiger partial charge in [0.05, 0.1) is 11.1 Å². The van der Waals surface area contributed by atoms with E-state index in [0.717, 1.165) is 0 Å². The predicted molar refractivity (Wildman–Crippen MR) is 176 cm³/mol. The van der Waals surface area contributed by atoms with Gasteiger partial charge in [0.1, 0.15) is 0 Å². The molecule has 0 radical (unpaired) electrons. The van der Waals surface area contributed by atoms with Crippen LogP contribution in [0.3, 0.4) is 0 Å². The van der Waals surface area contributed by atoms with Crippen LogP contribution in [0.25, 0.3) is 44.5 Å². The first-order chi connectivity index (χ1) is 21.3. The number of benzene rings is 5. The second-order valence-corrected chi connectivity index (χ2v) is 12.8. The highest BCUT2D eigenvalue weighted by atomic mass is 19.4. The minimum absolute atomic E-state index is 0.0853. The van der Waals surface area contributed by atoms with E-state index in [4.69, 9.17) is 0 Å². The van der Waals surface area contributed by atoms with E-state index in [0.29, 0.717) is 44.5 Å². The Bertz CT molecular complexity index is 1640. The predicted octanol–water partition coefficient (Wildman–Crippen LogP) is 12.9. The van der Waals surface area contributed by atoms with E-state index in [1.54, 1.807) is 128 Å². The summed E-state index contributed by atoms with van der Waals surface area (Å²) in [5, 5.41) is 0. The standard InChI is InChI=1S/C40H36F6/c1-21-9-22(2)14-29(13-21)33-34(30-15-23(3)10-24(4)16-30)38(40(44,45)46)36(32-19-27(7)12-28(8)20-32)35(37(33)39(41,42)43)31-17-25(5)11-26(6)18-31/h9-20H,1-8H3. The Morgan fingerprint density at radius 3 is 0.565 bits per heavy atom. The summed E-state index contributed by atoms with van der Waals surface area (Å²) in [7, 11) is 0. The molecule has 46 heavy (non-hydrogen) atoms. The maximum atomic E-state index is 15.9. The molecule has 0 nitrogen and oxygen atoms in total. The summed E-state index contributed by atoms with van der Waals surface area (Å²) in [6.45, 7) is 13.9. The number of halogens is 6. The van der Waals surface area contributed by atoms with Crippen molar-refractivity contribution in [1.82, 2.24) is 0 Å². The zero-order chi connectivity index (χ0) is 33.9. The molecule has 0 saturated heterocycles. The van der Waals surface area contributed by atoms with Crippen molar-refractivity contribution in [3.05, 3.63) is 128 Å². The summed E-state index contributed by atoms with van der Waals surface area (Å²) in [5.41, 5.74) is 1.46. The van der Waals surface area contributed by atoms with Gasteiger partial charge in [-0.15, -0.1) is 0 Å². The first-order valence-electron chi connectivity index (χ1n) is 15.1. The van der Waals surface area contributed by atoms with Crippen molar-refractivity contribution in [3.63, 3.8) is 0 Å². The zero-order valence-corrected chi connectivity index (χ0v) is 27.2. The smallest absolute Gasteiger partial charge is 0.166 e. The average molecular weight is 631 g/mol. The van der Waals surface area contributed by atoms with Crippen molar-refractivity contribution in [2.24, 2.45) is 0 Å². The molecule has 0 fully saturated rings. The van der Waals surface area contributed by atoms with Gasteiger partial charge in [-0.25, -0.2) is 0 Å². The maximum absolute atomic E-state index is 15.9. The van der Waals surface area contributed by atoms with E-state index >= 15 is 26.3 Å². The molecule has 0 aromatic heterocycles. The third-order valence-corrected chi connectivity index (χ3v) is 8.11. The highest BCUT2D eigenvalue weighted by Gasteiger charge is 2.47. The molecule has 0 aliphatic heterocycles. The number of hydrogen-bond acceptors (Lipinski definition) is 0. The van der Waals surface area contributed by atoms with Crippen LogP contribution in [0.15, 0.2) is 72.8 Å². The molecule has 0 saturated carbocycles. The lowest BCUT2D eigenvalue weighted by Gasteiger charge is -2.30. The lowest BCUT2D eigenvalue weighted by atomic mass is 9.75. The third kappa shape index (κ3) is 6.48. The van der Waals surface area contributed by atoms with E-state index in [9.17, 15) is 0 Å². The fraction of sp³-hybridized carbons (Fsp3) is 0.250. The molecule has 0 atom stereocenters. The highest BCUT2D eigenvalue weighted by molar-refractivity contribution is 6.02. The Morgan fingerprint density at radius 2 is 0.435 bits per heavy atom. The summed E-state index contributed by atoms with van der Waals surface area (Å²) >= 11 is 0. The molecule has 0 bridgehead atoms. The average Bonchev–Trinajstić information content (AvgIpc) is 2.88. The second kappa shape index (κ2) is 11.8. The minimum Gasteiger partial charge on any atom is -0.166 e. The molecule has 0 amide bonds. The zero-order valence-electron chi connectivity index (χ0n) is 27.2. The van der Waals surface area contributed by atoms with Gasteiger partial charge in [0.2, 0.25) is 0 Å². The van der Waals surface area contributed by atoms with Crippen LogP contribution in [0.4, 0.5) is 26.3 Å². The first kappa shape index (κ1) is 33.1. The molecule has 0 N–H and O–H groups in total. The first-order valence-corrected chi connectivity index (χ1v) is 15.1. The molecular formula is C40H36F6. The number of alkyl halides is 6. The Labute approximate surface area is 266 Å². The van der Waals surface area contributed by atoms with Gasteiger partial charge in [-0.05, 0) is 77.6 Å². The molecule has 6 heteroatoms. The van der Waals surface area contributed by atoms with Gasteiger partial charge in [-0.2, -0.15) is 26.3 Å². The molecule has 0 heterocycles. The summed E-state index contributed by atoms with van der Waals surface area (Å²) in [5.74, 6) is 0. The lowest BCUT2D eigenvalue weighted by molar-refractivity contribution is -0.139. The quantitative estimate of drug-likeness (QED) is 0.173. The van der Waals surface area contributed by atoms with Crippen LogP contribution in [0.1, 0.15) is 55.6 Å². The normalized spacial score (nSPS) is 12.1. The summed E-state index contributed by atoms with van der Waals surface area (Å²) in [4.78, 5) is 0. The topological polar surface area (TPSA) is 0 Å². The van der Waals surface area contributed by atoms with Crippen molar-refractivity contribution in [1.29, 1.82) is 0 Å². The van der Waals surface area contributed by atoms with Crippen molar-refractivity contribution >= 4 is 0 Å². The van der Waals surface area contributed by atoms with Crippen LogP contribution in [-0.4, -0.2) is 0 Å². The van der Waals surface area contributed by atoms with Crippen molar-refractivity contribution < 1.29 is 26.3 Å². The third-order valence-electron chi connectivity index (χ3n) is 8.11. The summed E-state index contributed by atoms with van der Waals surface area (Å²) < 4.78 is 95.6. The van der Waals surface area contributed by atoms with Gasteiger partial charge in [-0.1, -0.05) is 117 Å². The van der Waals surface area contributed by atoms with E-state index in [-0.39, 0.29) is 22.3 Å². The minimum atomic E-state index is -5.02. The molecule has 5 aromatic carbocycles. The molecular weight excluding hydrogens is 594 g/mol. The summed E-state index contributed by atoms with van der Waals surface area (Å²) in [6.07, 6.45) is -10.0. The van der Waals surface area contributed by atoms with Gasteiger partial charge >= 0.3 is 12.4 Å². The monoisotopic (exact) mass is 630 g/mol. The van der Waals surface area contributed by atoms with Crippen molar-refractivity contribution in [2.45, 2.75) is 67.7 Å². The maximum Gasteiger partial charge on any atom is 0.417 e. The van der Waals surface area contributed by atoms with Gasteiger partial charge < -0.3 is 0 Å². The van der Waals surface area contributed by atoms with Crippen LogP contribution < -0.4 is 0 Å². The van der Waals surface area contributed by atoms with E-state index in [2.05, 4.69) is 0 Å². The Balaban J connectivity index is 2.25. The SMILES string of the molecule is Cc1cc(C)cc(-c2c(-c3cc(C)cc(C)c3)c(C(F)(F)F)c(-c3cc(C)cc(C)c3)c(-c3cc(C)cc(C)c3)c2C(F)(F)F)c1. The van der Waals surface area contributed by atoms with Crippen LogP contribution in [0.5, 0.6) is 0 Å². The van der Waals surface area contributed by atoms with E-state index in [1.165, 1.54) is 0 Å². The second-order valence-electron chi connectivity index (χ2n) is 12.8. The molecule has 0 spiro atoms. The van der Waals surface area contributed by atoms with Crippen molar-refractivity contribution in [2.75, 3.05) is 0 Å². The molecule has 0 aliphatic rings. The number of aryl methyl sites for hydroxylation is 8. The lowest BCUT2D eigenvalue weighted by Crippen LogP contribution is -2.18. The fourth-order valence-corrected chi connectivity index (χ4v) is 6.95. The van der Waals surface area contributed by atoms with E-state index < -0.39 is 45.7 Å². The Hall–Kier alpha value is -4.32. The van der Waals surface area contributed by atoms with Crippen molar-refractivity contribution in [3.8, 4) is 44.5 Å². The Kier molecular flexibility index (Phi) is 8.48. The van der Waals surface area contributed by atoms with E-state index in [1.807, 2.05) is 0 Å².